The van der Waals surface area contributed by atoms with Crippen LogP contribution >= 0.6 is 11.6 Å². The first-order chi connectivity index (χ1) is 16.4. The molecule has 1 aliphatic rings. The minimum Gasteiger partial charge on any atom is -0.504 e. The lowest BCUT2D eigenvalue weighted by Crippen LogP contribution is -2.29. The van der Waals surface area contributed by atoms with Crippen molar-refractivity contribution < 1.29 is 19.1 Å². The number of ether oxygens (including phenoxy) is 1. The van der Waals surface area contributed by atoms with Gasteiger partial charge in [-0.1, -0.05) is 47.5 Å². The molecule has 0 aliphatic carbocycles. The summed E-state index contributed by atoms with van der Waals surface area (Å²) in [6.07, 6.45) is 0. The van der Waals surface area contributed by atoms with Crippen molar-refractivity contribution in [2.24, 2.45) is 0 Å². The molecule has 1 aliphatic heterocycles. The Kier molecular flexibility index (Phi) is 5.54. The Labute approximate surface area is 201 Å². The van der Waals surface area contributed by atoms with Crippen LogP contribution in [0.5, 0.6) is 11.5 Å². The first-order valence-electron chi connectivity index (χ1n) is 11.0. The van der Waals surface area contributed by atoms with Gasteiger partial charge in [0.15, 0.2) is 16.9 Å². The van der Waals surface area contributed by atoms with Crippen LogP contribution in [0.3, 0.4) is 0 Å². The molecule has 172 valence electrons. The lowest BCUT2D eigenvalue weighted by Gasteiger charge is -2.26. The Morgan fingerprint density at radius 3 is 2.56 bits per heavy atom. The fourth-order valence-electron chi connectivity index (χ4n) is 4.36. The second-order valence-corrected chi connectivity index (χ2v) is 8.73. The Morgan fingerprint density at radius 2 is 1.82 bits per heavy atom. The summed E-state index contributed by atoms with van der Waals surface area (Å²) in [6.45, 7) is 4.44. The van der Waals surface area contributed by atoms with Crippen molar-refractivity contribution in [3.05, 3.63) is 104 Å². The van der Waals surface area contributed by atoms with Gasteiger partial charge in [0, 0.05) is 11.6 Å². The van der Waals surface area contributed by atoms with Crippen molar-refractivity contribution in [3.8, 4) is 11.5 Å². The van der Waals surface area contributed by atoms with Crippen molar-refractivity contribution >= 4 is 28.5 Å². The van der Waals surface area contributed by atoms with Gasteiger partial charge in [0.2, 0.25) is 5.76 Å². The second-order valence-electron chi connectivity index (χ2n) is 8.30. The summed E-state index contributed by atoms with van der Waals surface area (Å²) in [7, 11) is 0. The number of hydrogen-bond donors (Lipinski definition) is 1. The number of carbonyl (C=O) groups is 1. The number of phenols is 1. The van der Waals surface area contributed by atoms with Gasteiger partial charge in [-0.15, -0.1) is 0 Å². The molecule has 34 heavy (non-hydrogen) atoms. The van der Waals surface area contributed by atoms with Gasteiger partial charge in [-0.2, -0.15) is 0 Å². The lowest BCUT2D eigenvalue weighted by molar-refractivity contribution is 0.0714. The van der Waals surface area contributed by atoms with E-state index in [4.69, 9.17) is 20.8 Å². The first kappa shape index (κ1) is 22.0. The molecule has 6 nitrogen and oxygen atoms in total. The topological polar surface area (TPSA) is 80.0 Å². The predicted octanol–water partition coefficient (Wildman–Crippen LogP) is 5.60. The first-order valence-corrected chi connectivity index (χ1v) is 11.3. The van der Waals surface area contributed by atoms with Gasteiger partial charge >= 0.3 is 0 Å². The lowest BCUT2D eigenvalue weighted by atomic mass is 9.97. The highest BCUT2D eigenvalue weighted by Crippen LogP contribution is 2.41. The number of benzene rings is 3. The van der Waals surface area contributed by atoms with E-state index >= 15 is 0 Å². The highest BCUT2D eigenvalue weighted by atomic mass is 35.5. The molecule has 0 saturated heterocycles. The zero-order valence-electron chi connectivity index (χ0n) is 18.7. The van der Waals surface area contributed by atoms with Crippen molar-refractivity contribution in [2.45, 2.75) is 26.4 Å². The van der Waals surface area contributed by atoms with Crippen molar-refractivity contribution in [2.75, 3.05) is 6.61 Å². The maximum Gasteiger partial charge on any atom is 0.291 e. The van der Waals surface area contributed by atoms with Crippen LogP contribution in [0.4, 0.5) is 0 Å². The standard InChI is InChI=1S/C27H22ClNO5/c1-3-33-22-12-17(8-10-20(22)30)24-23-25(31)19-13-18(28)9-11-21(19)34-26(23)27(32)29(24)14-16-6-4-15(2)5-7-16/h4-13,24,30H,3,14H2,1-2H3/t24-/m1/s1. The van der Waals surface area contributed by atoms with E-state index in [1.165, 1.54) is 6.07 Å². The van der Waals surface area contributed by atoms with E-state index in [1.807, 2.05) is 38.1 Å². The quantitative estimate of drug-likeness (QED) is 0.406. The van der Waals surface area contributed by atoms with Crippen LogP contribution in [-0.2, 0) is 6.54 Å². The van der Waals surface area contributed by atoms with Crippen LogP contribution < -0.4 is 10.2 Å². The van der Waals surface area contributed by atoms with Gasteiger partial charge in [-0.25, -0.2) is 0 Å². The molecule has 3 aromatic carbocycles. The van der Waals surface area contributed by atoms with Gasteiger partial charge in [0.1, 0.15) is 5.58 Å². The van der Waals surface area contributed by atoms with Crippen LogP contribution in [0, 0.1) is 6.92 Å². The summed E-state index contributed by atoms with van der Waals surface area (Å²) in [5, 5.41) is 10.9. The Balaban J connectivity index is 1.72. The van der Waals surface area contributed by atoms with Crippen LogP contribution in [-0.4, -0.2) is 22.5 Å². The van der Waals surface area contributed by atoms with E-state index in [2.05, 4.69) is 0 Å². The SMILES string of the molecule is CCOc1cc([C@@H]2c3c(oc4ccc(Cl)cc4c3=O)C(=O)N2Cc2ccc(C)cc2)ccc1O. The van der Waals surface area contributed by atoms with E-state index in [9.17, 15) is 14.7 Å². The number of rotatable bonds is 5. The molecule has 2 heterocycles. The predicted molar refractivity (Wildman–Crippen MR) is 130 cm³/mol. The fourth-order valence-corrected chi connectivity index (χ4v) is 4.54. The maximum atomic E-state index is 13.6. The molecule has 5 rings (SSSR count). The fraction of sp³-hybridized carbons (Fsp3) is 0.185. The van der Waals surface area contributed by atoms with Gasteiger partial charge in [0.25, 0.3) is 5.91 Å². The molecule has 7 heteroatoms. The maximum absolute atomic E-state index is 13.6. The third-order valence-electron chi connectivity index (χ3n) is 6.00. The molecule has 1 amide bonds. The molecular formula is C27H22ClNO5. The number of halogens is 1. The minimum absolute atomic E-state index is 0.0161. The van der Waals surface area contributed by atoms with Gasteiger partial charge in [-0.05, 0) is 55.3 Å². The van der Waals surface area contributed by atoms with Crippen molar-refractivity contribution in [1.82, 2.24) is 4.90 Å². The van der Waals surface area contributed by atoms with E-state index in [-0.39, 0.29) is 40.7 Å². The summed E-state index contributed by atoms with van der Waals surface area (Å²) in [5.41, 5.74) is 2.90. The average Bonchev–Trinajstić information content (AvgIpc) is 3.09. The zero-order chi connectivity index (χ0) is 24.0. The third-order valence-corrected chi connectivity index (χ3v) is 6.24. The smallest absolute Gasteiger partial charge is 0.291 e. The number of amides is 1. The van der Waals surface area contributed by atoms with Crippen LogP contribution in [0.25, 0.3) is 11.0 Å². The normalized spacial score (nSPS) is 15.1. The summed E-state index contributed by atoms with van der Waals surface area (Å²) in [6, 6.07) is 16.8. The van der Waals surface area contributed by atoms with Crippen LogP contribution in [0.15, 0.2) is 69.9 Å². The molecule has 1 aromatic heterocycles. The largest absolute Gasteiger partial charge is 0.504 e. The Hall–Kier alpha value is -3.77. The number of carbonyl (C=O) groups excluding carboxylic acids is 1. The second kappa shape index (κ2) is 8.54. The average molecular weight is 476 g/mol. The van der Waals surface area contributed by atoms with Crippen molar-refractivity contribution in [3.63, 3.8) is 0 Å². The molecule has 0 spiro atoms. The van der Waals surface area contributed by atoms with Crippen molar-refractivity contribution in [1.29, 1.82) is 0 Å². The molecule has 0 unspecified atom stereocenters. The number of fused-ring (bicyclic) bond motifs is 2. The monoisotopic (exact) mass is 475 g/mol. The number of nitrogens with zero attached hydrogens (tertiary/aromatic N) is 1. The Morgan fingerprint density at radius 1 is 1.06 bits per heavy atom. The van der Waals surface area contributed by atoms with Gasteiger partial charge < -0.3 is 19.2 Å². The van der Waals surface area contributed by atoms with E-state index in [1.54, 1.807) is 35.2 Å². The highest BCUT2D eigenvalue weighted by molar-refractivity contribution is 6.31. The minimum atomic E-state index is -0.719. The van der Waals surface area contributed by atoms with E-state index in [0.29, 0.717) is 28.2 Å². The third kappa shape index (κ3) is 3.70. The summed E-state index contributed by atoms with van der Waals surface area (Å²) >= 11 is 6.14. The molecule has 1 atom stereocenters. The van der Waals surface area contributed by atoms with E-state index < -0.39 is 6.04 Å². The molecule has 0 fully saturated rings. The number of aromatic hydroxyl groups is 1. The zero-order valence-corrected chi connectivity index (χ0v) is 19.4. The summed E-state index contributed by atoms with van der Waals surface area (Å²) in [5.74, 6) is -0.0921. The molecule has 1 N–H and O–H groups in total. The number of phenolic OH excluding ortho intramolecular Hbond substituents is 1. The van der Waals surface area contributed by atoms with Crippen LogP contribution in [0.2, 0.25) is 5.02 Å². The molecule has 0 radical (unpaired) electrons. The molecule has 0 bridgehead atoms. The highest BCUT2D eigenvalue weighted by Gasteiger charge is 2.43. The molecular weight excluding hydrogens is 454 g/mol. The van der Waals surface area contributed by atoms with Crippen LogP contribution in [0.1, 0.15) is 45.8 Å². The van der Waals surface area contributed by atoms with Gasteiger partial charge in [0.05, 0.1) is 23.6 Å². The molecule has 4 aromatic rings. The van der Waals surface area contributed by atoms with Gasteiger partial charge in [-0.3, -0.25) is 9.59 Å². The number of aryl methyl sites for hydroxylation is 1. The summed E-state index contributed by atoms with van der Waals surface area (Å²) < 4.78 is 11.5. The Bertz CT molecular complexity index is 1480. The number of hydrogen-bond acceptors (Lipinski definition) is 5. The molecule has 0 saturated carbocycles. The summed E-state index contributed by atoms with van der Waals surface area (Å²) in [4.78, 5) is 28.8. The van der Waals surface area contributed by atoms with E-state index in [0.717, 1.165) is 11.1 Å².